The number of benzene rings is 1. The number of phenolic OH excluding ortho intramolecular Hbond substituents is 1. The first-order valence-electron chi connectivity index (χ1n) is 4.92. The minimum absolute atomic E-state index is 0.184. The normalized spacial score (nSPS) is 30.7. The Morgan fingerprint density at radius 2 is 1.87 bits per heavy atom. The average Bonchev–Trinajstić information content (AvgIpc) is 2.53. The van der Waals surface area contributed by atoms with E-state index in [4.69, 9.17) is 9.84 Å². The summed E-state index contributed by atoms with van der Waals surface area (Å²) in [5.41, 5.74) is 0.964. The van der Waals surface area contributed by atoms with Crippen LogP contribution in [0.1, 0.15) is 5.56 Å². The van der Waals surface area contributed by atoms with E-state index in [1.54, 1.807) is 24.3 Å². The van der Waals surface area contributed by atoms with E-state index in [-0.39, 0.29) is 18.5 Å². The molecule has 4 heteroatoms. The second-order valence-electron chi connectivity index (χ2n) is 3.80. The molecule has 0 bridgehead atoms. The smallest absolute Gasteiger partial charge is 0.115 e. The summed E-state index contributed by atoms with van der Waals surface area (Å²) >= 11 is 0. The van der Waals surface area contributed by atoms with Crippen molar-refractivity contribution in [3.63, 3.8) is 0 Å². The van der Waals surface area contributed by atoms with Crippen LogP contribution in [-0.2, 0) is 11.2 Å². The van der Waals surface area contributed by atoms with E-state index in [0.29, 0.717) is 6.42 Å². The van der Waals surface area contributed by atoms with Crippen molar-refractivity contribution in [2.45, 2.75) is 24.7 Å². The molecule has 0 radical (unpaired) electrons. The molecule has 1 aliphatic rings. The third kappa shape index (κ3) is 2.28. The number of hydrogen-bond acceptors (Lipinski definition) is 4. The van der Waals surface area contributed by atoms with Gasteiger partial charge in [0.25, 0.3) is 0 Å². The van der Waals surface area contributed by atoms with Crippen molar-refractivity contribution in [3.8, 4) is 5.75 Å². The van der Waals surface area contributed by atoms with E-state index < -0.39 is 12.2 Å². The monoisotopic (exact) mass is 210 g/mol. The van der Waals surface area contributed by atoms with Gasteiger partial charge in [0.2, 0.25) is 0 Å². The molecule has 0 spiro atoms. The lowest BCUT2D eigenvalue weighted by Gasteiger charge is -2.14. The van der Waals surface area contributed by atoms with E-state index >= 15 is 0 Å². The lowest BCUT2D eigenvalue weighted by molar-refractivity contribution is 0.0237. The Hall–Kier alpha value is -1.10. The molecule has 82 valence electrons. The molecule has 4 nitrogen and oxygen atoms in total. The van der Waals surface area contributed by atoms with Crippen LogP contribution in [0.5, 0.6) is 5.75 Å². The van der Waals surface area contributed by atoms with Crippen LogP contribution >= 0.6 is 0 Å². The maximum Gasteiger partial charge on any atom is 0.115 e. The van der Waals surface area contributed by atoms with Gasteiger partial charge in [0, 0.05) is 6.42 Å². The van der Waals surface area contributed by atoms with Crippen molar-refractivity contribution < 1.29 is 20.1 Å². The zero-order valence-electron chi connectivity index (χ0n) is 8.21. The molecule has 0 saturated carbocycles. The van der Waals surface area contributed by atoms with Crippen molar-refractivity contribution in [2.24, 2.45) is 0 Å². The summed E-state index contributed by atoms with van der Waals surface area (Å²) in [4.78, 5) is 0. The van der Waals surface area contributed by atoms with Gasteiger partial charge in [-0.1, -0.05) is 12.1 Å². The largest absolute Gasteiger partial charge is 0.508 e. The minimum atomic E-state index is -0.821. The van der Waals surface area contributed by atoms with E-state index in [2.05, 4.69) is 0 Å². The van der Waals surface area contributed by atoms with Gasteiger partial charge in [0.1, 0.15) is 18.0 Å². The van der Waals surface area contributed by atoms with Crippen molar-refractivity contribution in [1.82, 2.24) is 0 Å². The first-order valence-corrected chi connectivity index (χ1v) is 4.92. The fourth-order valence-electron chi connectivity index (χ4n) is 1.71. The maximum absolute atomic E-state index is 9.55. The molecule has 3 atom stereocenters. The molecule has 1 fully saturated rings. The summed E-state index contributed by atoms with van der Waals surface area (Å²) in [7, 11) is 0. The predicted molar refractivity (Wildman–Crippen MR) is 53.6 cm³/mol. The van der Waals surface area contributed by atoms with E-state index in [1.165, 1.54) is 0 Å². The summed E-state index contributed by atoms with van der Waals surface area (Å²) in [5, 5.41) is 27.9. The third-order valence-electron chi connectivity index (χ3n) is 2.63. The second-order valence-corrected chi connectivity index (χ2v) is 3.80. The molecule has 0 aromatic heterocycles. The zero-order chi connectivity index (χ0) is 10.8. The molecule has 1 saturated heterocycles. The molecule has 2 rings (SSSR count). The van der Waals surface area contributed by atoms with Gasteiger partial charge in [-0.15, -0.1) is 0 Å². The van der Waals surface area contributed by atoms with Gasteiger partial charge in [-0.3, -0.25) is 0 Å². The first-order chi connectivity index (χ1) is 7.16. The van der Waals surface area contributed by atoms with Gasteiger partial charge >= 0.3 is 0 Å². The van der Waals surface area contributed by atoms with E-state index in [9.17, 15) is 10.2 Å². The second kappa shape index (κ2) is 4.18. The van der Waals surface area contributed by atoms with Crippen molar-refractivity contribution in [2.75, 3.05) is 6.61 Å². The maximum atomic E-state index is 9.55. The van der Waals surface area contributed by atoms with Crippen molar-refractivity contribution >= 4 is 0 Å². The van der Waals surface area contributed by atoms with Crippen LogP contribution in [0, 0.1) is 0 Å². The van der Waals surface area contributed by atoms with Gasteiger partial charge in [-0.2, -0.15) is 0 Å². The van der Waals surface area contributed by atoms with Gasteiger partial charge in [-0.05, 0) is 17.7 Å². The number of aromatic hydroxyl groups is 1. The molecule has 1 aliphatic heterocycles. The van der Waals surface area contributed by atoms with Crippen molar-refractivity contribution in [1.29, 1.82) is 0 Å². The first kappa shape index (κ1) is 10.4. The van der Waals surface area contributed by atoms with Crippen LogP contribution in [0.15, 0.2) is 24.3 Å². The van der Waals surface area contributed by atoms with Crippen LogP contribution in [0.25, 0.3) is 0 Å². The van der Waals surface area contributed by atoms with Crippen molar-refractivity contribution in [3.05, 3.63) is 29.8 Å². The molecular formula is C11H14O4. The fourth-order valence-corrected chi connectivity index (χ4v) is 1.71. The highest BCUT2D eigenvalue weighted by Crippen LogP contribution is 2.19. The Morgan fingerprint density at radius 1 is 1.20 bits per heavy atom. The van der Waals surface area contributed by atoms with Gasteiger partial charge in [0.05, 0.1) is 12.7 Å². The predicted octanol–water partition coefficient (Wildman–Crippen LogP) is 0.0553. The lowest BCUT2D eigenvalue weighted by Crippen LogP contribution is -2.31. The standard InChI is InChI=1S/C11H14O4/c12-8-3-1-7(2-4-8)5-10-11(14)9(13)6-15-10/h1-4,9-14H,5-6H2. The number of phenols is 1. The highest BCUT2D eigenvalue weighted by Gasteiger charge is 2.34. The summed E-state index contributed by atoms with van der Waals surface area (Å²) < 4.78 is 5.25. The number of hydrogen-bond donors (Lipinski definition) is 3. The molecule has 3 unspecified atom stereocenters. The number of ether oxygens (including phenoxy) is 1. The van der Waals surface area contributed by atoms with E-state index in [0.717, 1.165) is 5.56 Å². The fraction of sp³-hybridized carbons (Fsp3) is 0.455. The number of aliphatic hydroxyl groups excluding tert-OH is 2. The Morgan fingerprint density at radius 3 is 2.40 bits per heavy atom. The van der Waals surface area contributed by atoms with Gasteiger partial charge < -0.3 is 20.1 Å². The minimum Gasteiger partial charge on any atom is -0.508 e. The van der Waals surface area contributed by atoms with Gasteiger partial charge in [-0.25, -0.2) is 0 Å². The number of rotatable bonds is 2. The van der Waals surface area contributed by atoms with E-state index in [1.807, 2.05) is 0 Å². The Balaban J connectivity index is 2.00. The van der Waals surface area contributed by atoms with Crippen LogP contribution in [0.3, 0.4) is 0 Å². The van der Waals surface area contributed by atoms with Crippen LogP contribution < -0.4 is 0 Å². The summed E-state index contributed by atoms with van der Waals surface area (Å²) in [6.07, 6.45) is -1.42. The Bertz CT molecular complexity index is 322. The highest BCUT2D eigenvalue weighted by molar-refractivity contribution is 5.26. The SMILES string of the molecule is Oc1ccc(CC2OCC(O)C2O)cc1. The Kier molecular flexibility index (Phi) is 2.90. The topological polar surface area (TPSA) is 69.9 Å². The quantitative estimate of drug-likeness (QED) is 0.645. The van der Waals surface area contributed by atoms with Crippen LogP contribution in [0.4, 0.5) is 0 Å². The lowest BCUT2D eigenvalue weighted by atomic mass is 10.0. The summed E-state index contributed by atoms with van der Waals surface area (Å²) in [5.74, 6) is 0.215. The molecule has 0 aliphatic carbocycles. The molecule has 3 N–H and O–H groups in total. The molecular weight excluding hydrogens is 196 g/mol. The molecule has 15 heavy (non-hydrogen) atoms. The average molecular weight is 210 g/mol. The Labute approximate surface area is 87.7 Å². The third-order valence-corrected chi connectivity index (χ3v) is 2.63. The number of aliphatic hydroxyl groups is 2. The molecule has 0 amide bonds. The molecule has 1 aromatic rings. The molecule has 1 heterocycles. The zero-order valence-corrected chi connectivity index (χ0v) is 8.21. The summed E-state index contributed by atoms with van der Waals surface area (Å²) in [6.45, 7) is 0.184. The highest BCUT2D eigenvalue weighted by atomic mass is 16.5. The van der Waals surface area contributed by atoms with Crippen LogP contribution in [-0.4, -0.2) is 40.2 Å². The van der Waals surface area contributed by atoms with Crippen LogP contribution in [0.2, 0.25) is 0 Å². The van der Waals surface area contributed by atoms with Gasteiger partial charge in [0.15, 0.2) is 0 Å². The molecule has 1 aromatic carbocycles. The summed E-state index contributed by atoms with van der Waals surface area (Å²) in [6, 6.07) is 6.73.